The minimum Gasteiger partial charge on any atom is -0.325 e. The lowest BCUT2D eigenvalue weighted by atomic mass is 10.2. The van der Waals surface area contributed by atoms with Gasteiger partial charge in [-0.05, 0) is 66.2 Å². The van der Waals surface area contributed by atoms with Crippen LogP contribution in [0.3, 0.4) is 0 Å². The van der Waals surface area contributed by atoms with Gasteiger partial charge in [-0.25, -0.2) is 4.39 Å². The van der Waals surface area contributed by atoms with E-state index in [2.05, 4.69) is 20.8 Å². The van der Waals surface area contributed by atoms with Gasteiger partial charge in [-0.3, -0.25) is 4.79 Å². The number of anilines is 1. The average Bonchev–Trinajstić information content (AvgIpc) is 3.05. The Balaban J connectivity index is 1.71. The molecule has 25 heavy (non-hydrogen) atoms. The normalized spacial score (nSPS) is 12.0. The van der Waals surface area contributed by atoms with E-state index in [0.717, 1.165) is 11.3 Å². The fourth-order valence-electron chi connectivity index (χ4n) is 2.16. The van der Waals surface area contributed by atoms with Crippen LogP contribution in [0.5, 0.6) is 0 Å². The summed E-state index contributed by atoms with van der Waals surface area (Å²) >= 11 is 1.25. The van der Waals surface area contributed by atoms with Crippen LogP contribution in [0.2, 0.25) is 0 Å². The lowest BCUT2D eigenvalue weighted by molar-refractivity contribution is -0.115. The zero-order chi connectivity index (χ0) is 17.8. The number of carbonyl (C=O) groups is 1. The second kappa shape index (κ2) is 7.43. The number of hydrogen-bond acceptors (Lipinski definition) is 5. The summed E-state index contributed by atoms with van der Waals surface area (Å²) in [4.78, 5) is 12.3. The lowest BCUT2D eigenvalue weighted by Crippen LogP contribution is -2.22. The Morgan fingerprint density at radius 1 is 1.24 bits per heavy atom. The number of aromatic nitrogens is 4. The van der Waals surface area contributed by atoms with Crippen LogP contribution < -0.4 is 5.32 Å². The summed E-state index contributed by atoms with van der Waals surface area (Å²) in [5.41, 5.74) is 2.46. The van der Waals surface area contributed by atoms with Gasteiger partial charge >= 0.3 is 0 Å². The Morgan fingerprint density at radius 2 is 2.00 bits per heavy atom. The van der Waals surface area contributed by atoms with Crippen LogP contribution >= 0.6 is 11.8 Å². The molecule has 3 rings (SSSR count). The van der Waals surface area contributed by atoms with Crippen LogP contribution in [0, 0.1) is 12.7 Å². The van der Waals surface area contributed by atoms with Gasteiger partial charge in [0, 0.05) is 5.69 Å². The van der Waals surface area contributed by atoms with E-state index in [-0.39, 0.29) is 11.7 Å². The number of benzene rings is 2. The minimum atomic E-state index is -0.431. The molecule has 0 aliphatic carbocycles. The van der Waals surface area contributed by atoms with Crippen molar-refractivity contribution < 1.29 is 9.18 Å². The van der Waals surface area contributed by atoms with E-state index in [4.69, 9.17) is 0 Å². The lowest BCUT2D eigenvalue weighted by Gasteiger charge is -2.12. The van der Waals surface area contributed by atoms with Crippen molar-refractivity contribution in [3.8, 4) is 5.69 Å². The molecule has 1 unspecified atom stereocenters. The van der Waals surface area contributed by atoms with Crippen molar-refractivity contribution >= 4 is 23.4 Å². The van der Waals surface area contributed by atoms with Gasteiger partial charge in [0.05, 0.1) is 10.9 Å². The van der Waals surface area contributed by atoms with E-state index in [9.17, 15) is 9.18 Å². The highest BCUT2D eigenvalue weighted by molar-refractivity contribution is 8.00. The summed E-state index contributed by atoms with van der Waals surface area (Å²) in [7, 11) is 0. The SMILES string of the molecule is Cc1cccc(-n2nnnc2SC(C)C(=O)Nc2ccc(F)cc2)c1. The molecular formula is C17H16FN5OS. The summed E-state index contributed by atoms with van der Waals surface area (Å²) < 4.78 is 14.5. The Hall–Kier alpha value is -2.74. The summed E-state index contributed by atoms with van der Waals surface area (Å²) in [6, 6.07) is 13.4. The van der Waals surface area contributed by atoms with Gasteiger partial charge < -0.3 is 5.32 Å². The van der Waals surface area contributed by atoms with E-state index in [1.807, 2.05) is 31.2 Å². The highest BCUT2D eigenvalue weighted by atomic mass is 32.2. The zero-order valence-corrected chi connectivity index (χ0v) is 14.5. The molecule has 1 amide bonds. The van der Waals surface area contributed by atoms with Crippen LogP contribution in [0.4, 0.5) is 10.1 Å². The third kappa shape index (κ3) is 4.21. The number of thioether (sulfide) groups is 1. The number of nitrogens with one attached hydrogen (secondary N) is 1. The summed E-state index contributed by atoms with van der Waals surface area (Å²) in [5.74, 6) is -0.562. The Morgan fingerprint density at radius 3 is 2.72 bits per heavy atom. The molecule has 1 aromatic heterocycles. The standard InChI is InChI=1S/C17H16FN5OS/c1-11-4-3-5-15(10-11)23-17(20-21-22-23)25-12(2)16(24)19-14-8-6-13(18)7-9-14/h3-10,12H,1-2H3,(H,19,24). The Kier molecular flexibility index (Phi) is 5.08. The van der Waals surface area contributed by atoms with E-state index in [1.54, 1.807) is 11.6 Å². The molecule has 0 radical (unpaired) electrons. The van der Waals surface area contributed by atoms with E-state index >= 15 is 0 Å². The molecule has 1 heterocycles. The molecule has 3 aromatic rings. The van der Waals surface area contributed by atoms with Gasteiger partial charge in [0.2, 0.25) is 11.1 Å². The van der Waals surface area contributed by atoms with Crippen LogP contribution in [-0.2, 0) is 4.79 Å². The first kappa shape index (κ1) is 17.1. The molecular weight excluding hydrogens is 341 g/mol. The first-order valence-corrected chi connectivity index (χ1v) is 8.49. The number of aryl methyl sites for hydroxylation is 1. The molecule has 0 spiro atoms. The smallest absolute Gasteiger partial charge is 0.237 e. The second-order valence-corrected chi connectivity index (χ2v) is 6.78. The van der Waals surface area contributed by atoms with Crippen molar-refractivity contribution in [1.82, 2.24) is 20.2 Å². The third-order valence-electron chi connectivity index (χ3n) is 3.45. The molecule has 0 saturated carbocycles. The molecule has 6 nitrogen and oxygen atoms in total. The fourth-order valence-corrected chi connectivity index (χ4v) is 2.97. The Labute approximate surface area is 148 Å². The van der Waals surface area contributed by atoms with Gasteiger partial charge in [0.1, 0.15) is 5.82 Å². The topological polar surface area (TPSA) is 72.7 Å². The first-order valence-electron chi connectivity index (χ1n) is 7.61. The number of halogens is 1. The Bertz CT molecular complexity index is 881. The average molecular weight is 357 g/mol. The molecule has 0 fully saturated rings. The van der Waals surface area contributed by atoms with E-state index in [0.29, 0.717) is 10.8 Å². The van der Waals surface area contributed by atoms with Crippen molar-refractivity contribution in [3.05, 3.63) is 59.9 Å². The van der Waals surface area contributed by atoms with Crippen molar-refractivity contribution in [2.24, 2.45) is 0 Å². The van der Waals surface area contributed by atoms with Crippen LogP contribution in [0.1, 0.15) is 12.5 Å². The quantitative estimate of drug-likeness (QED) is 0.710. The number of rotatable bonds is 5. The maximum absolute atomic E-state index is 12.9. The number of amides is 1. The molecule has 1 N–H and O–H groups in total. The van der Waals surface area contributed by atoms with Gasteiger partial charge in [0.15, 0.2) is 0 Å². The van der Waals surface area contributed by atoms with Crippen LogP contribution in [0.15, 0.2) is 53.7 Å². The number of carbonyl (C=O) groups excluding carboxylic acids is 1. The van der Waals surface area contributed by atoms with E-state index < -0.39 is 5.25 Å². The molecule has 0 saturated heterocycles. The monoisotopic (exact) mass is 357 g/mol. The predicted molar refractivity (Wildman–Crippen MR) is 94.2 cm³/mol. The van der Waals surface area contributed by atoms with Gasteiger partial charge in [-0.1, -0.05) is 23.9 Å². The maximum Gasteiger partial charge on any atom is 0.237 e. The number of tetrazole rings is 1. The minimum absolute atomic E-state index is 0.213. The van der Waals surface area contributed by atoms with Crippen LogP contribution in [0.25, 0.3) is 5.69 Å². The highest BCUT2D eigenvalue weighted by Crippen LogP contribution is 2.24. The number of hydrogen-bond donors (Lipinski definition) is 1. The predicted octanol–water partition coefficient (Wildman–Crippen LogP) is 3.23. The van der Waals surface area contributed by atoms with Crippen molar-refractivity contribution in [2.75, 3.05) is 5.32 Å². The zero-order valence-electron chi connectivity index (χ0n) is 13.7. The second-order valence-electron chi connectivity index (χ2n) is 5.47. The van der Waals surface area contributed by atoms with Gasteiger partial charge in [-0.15, -0.1) is 5.10 Å². The highest BCUT2D eigenvalue weighted by Gasteiger charge is 2.19. The van der Waals surface area contributed by atoms with Gasteiger partial charge in [-0.2, -0.15) is 4.68 Å². The fraction of sp³-hybridized carbons (Fsp3) is 0.176. The summed E-state index contributed by atoms with van der Waals surface area (Å²) in [5, 5.41) is 14.5. The number of nitrogens with zero attached hydrogens (tertiary/aromatic N) is 4. The maximum atomic E-state index is 12.9. The molecule has 0 aliphatic heterocycles. The van der Waals surface area contributed by atoms with Crippen LogP contribution in [-0.4, -0.2) is 31.4 Å². The van der Waals surface area contributed by atoms with Crippen molar-refractivity contribution in [1.29, 1.82) is 0 Å². The van der Waals surface area contributed by atoms with E-state index in [1.165, 1.54) is 36.0 Å². The third-order valence-corrected chi connectivity index (χ3v) is 4.48. The van der Waals surface area contributed by atoms with Crippen molar-refractivity contribution in [2.45, 2.75) is 24.3 Å². The molecule has 0 aliphatic rings. The molecule has 8 heteroatoms. The first-order chi connectivity index (χ1) is 12.0. The van der Waals surface area contributed by atoms with Gasteiger partial charge in [0.25, 0.3) is 0 Å². The largest absolute Gasteiger partial charge is 0.325 e. The molecule has 0 bridgehead atoms. The molecule has 1 atom stereocenters. The molecule has 2 aromatic carbocycles. The summed E-state index contributed by atoms with van der Waals surface area (Å²) in [6.45, 7) is 3.75. The summed E-state index contributed by atoms with van der Waals surface area (Å²) in [6.07, 6.45) is 0. The van der Waals surface area contributed by atoms with Crippen molar-refractivity contribution in [3.63, 3.8) is 0 Å². The molecule has 128 valence electrons.